The second-order valence-electron chi connectivity index (χ2n) is 4.37. The van der Waals surface area contributed by atoms with Crippen LogP contribution in [0.1, 0.15) is 12.0 Å². The number of hydrogen-bond donors (Lipinski definition) is 1. The molecule has 1 saturated heterocycles. The summed E-state index contributed by atoms with van der Waals surface area (Å²) in [4.78, 5) is 12.8. The molecule has 1 aliphatic heterocycles. The van der Waals surface area contributed by atoms with E-state index in [0.29, 0.717) is 13.2 Å². The highest BCUT2D eigenvalue weighted by atomic mass is 16.5. The highest BCUT2D eigenvalue weighted by molar-refractivity contribution is 5.67. The lowest BCUT2D eigenvalue weighted by atomic mass is 10.1. The maximum absolute atomic E-state index is 10.7. The SMILES string of the molecule is Cc1ccc(N2CCOC(CC(=O)O)C2)cc1. The van der Waals surface area contributed by atoms with Gasteiger partial charge in [-0.25, -0.2) is 0 Å². The lowest BCUT2D eigenvalue weighted by Crippen LogP contribution is -2.43. The third-order valence-corrected chi connectivity index (χ3v) is 2.94. The standard InChI is InChI=1S/C13H17NO3/c1-10-2-4-11(5-3-10)14-6-7-17-12(9-14)8-13(15)16/h2-5,12H,6-9H2,1H3,(H,15,16). The molecule has 1 N–H and O–H groups in total. The topological polar surface area (TPSA) is 49.8 Å². The first-order valence-electron chi connectivity index (χ1n) is 5.80. The maximum Gasteiger partial charge on any atom is 0.306 e. The predicted octanol–water partition coefficient (Wildman–Crippen LogP) is 1.67. The fraction of sp³-hybridized carbons (Fsp3) is 0.462. The Bertz CT molecular complexity index is 388. The minimum atomic E-state index is -0.805. The van der Waals surface area contributed by atoms with Crippen LogP contribution in [0.5, 0.6) is 0 Å². The summed E-state index contributed by atoms with van der Waals surface area (Å²) in [6.45, 7) is 4.11. The molecule has 0 bridgehead atoms. The van der Waals surface area contributed by atoms with E-state index in [9.17, 15) is 4.79 Å². The molecule has 0 aromatic heterocycles. The van der Waals surface area contributed by atoms with Gasteiger partial charge in [-0.15, -0.1) is 0 Å². The summed E-state index contributed by atoms with van der Waals surface area (Å²) >= 11 is 0. The molecule has 1 fully saturated rings. The molecule has 0 amide bonds. The maximum atomic E-state index is 10.7. The van der Waals surface area contributed by atoms with Gasteiger partial charge in [0.05, 0.1) is 19.1 Å². The third-order valence-electron chi connectivity index (χ3n) is 2.94. The summed E-state index contributed by atoms with van der Waals surface area (Å²) in [7, 11) is 0. The van der Waals surface area contributed by atoms with Crippen LogP contribution in [0.2, 0.25) is 0 Å². The molecule has 0 saturated carbocycles. The zero-order valence-electron chi connectivity index (χ0n) is 9.93. The Hall–Kier alpha value is -1.55. The number of carbonyl (C=O) groups is 1. The average molecular weight is 235 g/mol. The van der Waals surface area contributed by atoms with Crippen molar-refractivity contribution in [2.75, 3.05) is 24.6 Å². The molecule has 4 nitrogen and oxygen atoms in total. The first-order chi connectivity index (χ1) is 8.15. The summed E-state index contributed by atoms with van der Waals surface area (Å²) < 4.78 is 5.44. The lowest BCUT2D eigenvalue weighted by molar-refractivity contribution is -0.140. The van der Waals surface area contributed by atoms with Gasteiger partial charge < -0.3 is 14.7 Å². The Balaban J connectivity index is 2.01. The van der Waals surface area contributed by atoms with Crippen LogP contribution in [0, 0.1) is 6.92 Å². The fourth-order valence-electron chi connectivity index (χ4n) is 2.03. The zero-order chi connectivity index (χ0) is 12.3. The van der Waals surface area contributed by atoms with Gasteiger partial charge in [-0.3, -0.25) is 4.79 Å². The van der Waals surface area contributed by atoms with Crippen molar-refractivity contribution in [3.05, 3.63) is 29.8 Å². The van der Waals surface area contributed by atoms with Crippen LogP contribution in [0.4, 0.5) is 5.69 Å². The van der Waals surface area contributed by atoms with Crippen molar-refractivity contribution in [2.45, 2.75) is 19.4 Å². The molecule has 1 heterocycles. The average Bonchev–Trinajstić information content (AvgIpc) is 2.29. The molecule has 0 radical (unpaired) electrons. The number of hydrogen-bond acceptors (Lipinski definition) is 3. The summed E-state index contributed by atoms with van der Waals surface area (Å²) in [6.07, 6.45) is -0.134. The number of benzene rings is 1. The first kappa shape index (κ1) is 11.9. The van der Waals surface area contributed by atoms with Gasteiger partial charge in [0.1, 0.15) is 0 Å². The van der Waals surface area contributed by atoms with Crippen LogP contribution in [-0.4, -0.2) is 36.9 Å². The van der Waals surface area contributed by atoms with Gasteiger partial charge >= 0.3 is 5.97 Å². The van der Waals surface area contributed by atoms with Gasteiger partial charge in [0.2, 0.25) is 0 Å². The van der Waals surface area contributed by atoms with Gasteiger partial charge in [0, 0.05) is 18.8 Å². The largest absolute Gasteiger partial charge is 0.481 e. The highest BCUT2D eigenvalue weighted by Crippen LogP contribution is 2.19. The minimum Gasteiger partial charge on any atom is -0.481 e. The van der Waals surface area contributed by atoms with Gasteiger partial charge in [-0.2, -0.15) is 0 Å². The van der Waals surface area contributed by atoms with E-state index in [0.717, 1.165) is 12.2 Å². The second-order valence-corrected chi connectivity index (χ2v) is 4.37. The molecule has 0 spiro atoms. The number of aliphatic carboxylic acids is 1. The number of ether oxygens (including phenoxy) is 1. The number of morpholine rings is 1. The third kappa shape index (κ3) is 3.20. The van der Waals surface area contributed by atoms with E-state index < -0.39 is 5.97 Å². The summed E-state index contributed by atoms with van der Waals surface area (Å²) in [5.41, 5.74) is 2.36. The number of nitrogens with zero attached hydrogens (tertiary/aromatic N) is 1. The van der Waals surface area contributed by atoms with Crippen molar-refractivity contribution in [1.82, 2.24) is 0 Å². The molecule has 2 rings (SSSR count). The quantitative estimate of drug-likeness (QED) is 0.866. The van der Waals surface area contributed by atoms with Crippen LogP contribution >= 0.6 is 0 Å². The van der Waals surface area contributed by atoms with Gasteiger partial charge in [-0.1, -0.05) is 17.7 Å². The molecule has 1 aliphatic rings. The van der Waals surface area contributed by atoms with E-state index in [1.54, 1.807) is 0 Å². The molecule has 1 atom stereocenters. The number of aryl methyl sites for hydroxylation is 1. The van der Waals surface area contributed by atoms with Crippen molar-refractivity contribution in [2.24, 2.45) is 0 Å². The van der Waals surface area contributed by atoms with Crippen molar-refractivity contribution in [1.29, 1.82) is 0 Å². The van der Waals surface area contributed by atoms with Gasteiger partial charge in [0.25, 0.3) is 0 Å². The molecule has 1 aromatic rings. The Morgan fingerprint density at radius 2 is 2.18 bits per heavy atom. The number of carboxylic acid groups (broad SMARTS) is 1. The van der Waals surface area contributed by atoms with E-state index in [2.05, 4.69) is 36.1 Å². The molecular weight excluding hydrogens is 218 g/mol. The molecule has 17 heavy (non-hydrogen) atoms. The van der Waals surface area contributed by atoms with Gasteiger partial charge in [-0.05, 0) is 19.1 Å². The normalized spacial score (nSPS) is 20.3. The van der Waals surface area contributed by atoms with Crippen LogP contribution in [0.15, 0.2) is 24.3 Å². The molecule has 1 unspecified atom stereocenters. The highest BCUT2D eigenvalue weighted by Gasteiger charge is 2.22. The molecule has 92 valence electrons. The summed E-state index contributed by atoms with van der Waals surface area (Å²) in [6, 6.07) is 8.27. The fourth-order valence-corrected chi connectivity index (χ4v) is 2.03. The second kappa shape index (κ2) is 5.19. The predicted molar refractivity (Wildman–Crippen MR) is 65.4 cm³/mol. The smallest absolute Gasteiger partial charge is 0.306 e. The van der Waals surface area contributed by atoms with E-state index in [-0.39, 0.29) is 12.5 Å². The Labute approximate surface area is 101 Å². The Morgan fingerprint density at radius 3 is 2.82 bits per heavy atom. The van der Waals surface area contributed by atoms with E-state index in [4.69, 9.17) is 9.84 Å². The lowest BCUT2D eigenvalue weighted by Gasteiger charge is -2.34. The van der Waals surface area contributed by atoms with Crippen LogP contribution < -0.4 is 4.90 Å². The number of rotatable bonds is 3. The van der Waals surface area contributed by atoms with Crippen molar-refractivity contribution in [3.63, 3.8) is 0 Å². The van der Waals surface area contributed by atoms with E-state index in [1.807, 2.05) is 0 Å². The first-order valence-corrected chi connectivity index (χ1v) is 5.80. The molecule has 4 heteroatoms. The van der Waals surface area contributed by atoms with Crippen LogP contribution in [0.3, 0.4) is 0 Å². The Kier molecular flexibility index (Phi) is 3.64. The van der Waals surface area contributed by atoms with Crippen molar-refractivity contribution in [3.8, 4) is 0 Å². The van der Waals surface area contributed by atoms with Crippen LogP contribution in [0.25, 0.3) is 0 Å². The van der Waals surface area contributed by atoms with Gasteiger partial charge in [0.15, 0.2) is 0 Å². The number of carboxylic acids is 1. The number of anilines is 1. The molecular formula is C13H17NO3. The summed E-state index contributed by atoms with van der Waals surface area (Å²) in [5, 5.41) is 8.76. The zero-order valence-corrected chi connectivity index (χ0v) is 9.93. The summed E-state index contributed by atoms with van der Waals surface area (Å²) in [5.74, 6) is -0.805. The minimum absolute atomic E-state index is 0.0718. The van der Waals surface area contributed by atoms with Crippen molar-refractivity contribution >= 4 is 11.7 Å². The molecule has 1 aromatic carbocycles. The molecule has 0 aliphatic carbocycles. The Morgan fingerprint density at radius 1 is 1.47 bits per heavy atom. The van der Waals surface area contributed by atoms with Crippen LogP contribution in [-0.2, 0) is 9.53 Å². The monoisotopic (exact) mass is 235 g/mol. The van der Waals surface area contributed by atoms with E-state index in [1.165, 1.54) is 5.56 Å². The van der Waals surface area contributed by atoms with Crippen molar-refractivity contribution < 1.29 is 14.6 Å². The van der Waals surface area contributed by atoms with E-state index >= 15 is 0 Å².